The normalized spacial score (nSPS) is 24.5. The second-order valence-corrected chi connectivity index (χ2v) is 7.59. The van der Waals surface area contributed by atoms with E-state index in [1.54, 1.807) is 12.1 Å². The Hall–Kier alpha value is -3.90. The van der Waals surface area contributed by atoms with E-state index in [0.717, 1.165) is 12.2 Å². The molecule has 3 rings (SSSR count). The van der Waals surface area contributed by atoms with Crippen molar-refractivity contribution in [2.45, 2.75) is 30.7 Å². The highest BCUT2D eigenvalue weighted by Crippen LogP contribution is 2.26. The number of phenolic OH excluding ortho intramolecular Hbond substituents is 3. The monoisotopic (exact) mass is 488 g/mol. The number of aromatic hydroxyl groups is 3. The van der Waals surface area contributed by atoms with Crippen molar-refractivity contribution in [1.82, 2.24) is 0 Å². The zero-order valence-corrected chi connectivity index (χ0v) is 18.2. The van der Waals surface area contributed by atoms with Crippen LogP contribution in [0, 0.1) is 0 Å². The van der Waals surface area contributed by atoms with Crippen molar-refractivity contribution < 1.29 is 54.4 Å². The van der Waals surface area contributed by atoms with Gasteiger partial charge >= 0.3 is 11.9 Å². The zero-order chi connectivity index (χ0) is 25.5. The summed E-state index contributed by atoms with van der Waals surface area (Å²) in [5.74, 6) is -2.42. The van der Waals surface area contributed by atoms with Crippen LogP contribution in [0.25, 0.3) is 12.2 Å². The molecule has 0 amide bonds. The Morgan fingerprint density at radius 1 is 0.800 bits per heavy atom. The molecule has 0 saturated carbocycles. The average molecular weight is 488 g/mol. The van der Waals surface area contributed by atoms with Gasteiger partial charge in [-0.3, -0.25) is 0 Å². The van der Waals surface area contributed by atoms with E-state index < -0.39 is 49.3 Å². The van der Waals surface area contributed by atoms with E-state index in [1.165, 1.54) is 42.5 Å². The van der Waals surface area contributed by atoms with Crippen molar-refractivity contribution in [3.05, 3.63) is 65.7 Å². The molecule has 0 radical (unpaired) electrons. The topological polar surface area (TPSA) is 183 Å². The first-order chi connectivity index (χ1) is 16.6. The van der Waals surface area contributed by atoms with Gasteiger partial charge in [0.2, 0.25) is 6.29 Å². The van der Waals surface area contributed by atoms with Crippen molar-refractivity contribution >= 4 is 24.1 Å². The van der Waals surface area contributed by atoms with Gasteiger partial charge in [-0.25, -0.2) is 9.59 Å². The lowest BCUT2D eigenvalue weighted by atomic mass is 9.99. The summed E-state index contributed by atoms with van der Waals surface area (Å²) in [6, 6.07) is 9.87. The Labute approximate surface area is 199 Å². The summed E-state index contributed by atoms with van der Waals surface area (Å²) in [4.78, 5) is 24.1. The first-order valence-corrected chi connectivity index (χ1v) is 10.4. The van der Waals surface area contributed by atoms with E-state index in [4.69, 9.17) is 14.2 Å². The molecule has 1 aliphatic heterocycles. The minimum absolute atomic E-state index is 0.0688. The lowest BCUT2D eigenvalue weighted by Gasteiger charge is -2.39. The summed E-state index contributed by atoms with van der Waals surface area (Å²) >= 11 is 0. The van der Waals surface area contributed by atoms with Crippen molar-refractivity contribution in [3.8, 4) is 17.2 Å². The van der Waals surface area contributed by atoms with Crippen LogP contribution in [0.15, 0.2) is 54.6 Å². The number of hydrogen-bond acceptors (Lipinski definition) is 11. The van der Waals surface area contributed by atoms with E-state index in [-0.39, 0.29) is 17.2 Å². The summed E-state index contributed by atoms with van der Waals surface area (Å²) in [5, 5.41) is 58.4. The van der Waals surface area contributed by atoms with E-state index >= 15 is 0 Å². The highest BCUT2D eigenvalue weighted by molar-refractivity contribution is 5.87. The first kappa shape index (κ1) is 25.7. The molecule has 11 nitrogen and oxygen atoms in total. The Kier molecular flexibility index (Phi) is 8.44. The van der Waals surface area contributed by atoms with Crippen LogP contribution in [0.5, 0.6) is 17.2 Å². The van der Waals surface area contributed by atoms with Crippen LogP contribution in [0.1, 0.15) is 11.1 Å². The highest BCUT2D eigenvalue weighted by atomic mass is 16.7. The smallest absolute Gasteiger partial charge is 0.333 e. The molecule has 0 bridgehead atoms. The van der Waals surface area contributed by atoms with E-state index in [2.05, 4.69) is 0 Å². The van der Waals surface area contributed by atoms with Gasteiger partial charge in [-0.15, -0.1) is 0 Å². The minimum atomic E-state index is -1.78. The molecule has 2 aromatic rings. The number of rotatable bonds is 7. The van der Waals surface area contributed by atoms with Crippen LogP contribution in [0.2, 0.25) is 0 Å². The number of ether oxygens (including phenoxy) is 3. The van der Waals surface area contributed by atoms with Crippen molar-refractivity contribution in [2.24, 2.45) is 0 Å². The maximum Gasteiger partial charge on any atom is 0.333 e. The van der Waals surface area contributed by atoms with Crippen LogP contribution in [-0.4, -0.2) is 79.9 Å². The van der Waals surface area contributed by atoms with Crippen molar-refractivity contribution in [2.75, 3.05) is 6.61 Å². The largest absolute Gasteiger partial charge is 0.508 e. The SMILES string of the molecule is O=C(C=Cc1ccc(O)cc1)OC[C@H]1O[C@@H](OC(=O)C=Cc2ccc(O)c(O)c2)[C@@H](O)[C@@H](O)[C@@H]1O. The molecule has 186 valence electrons. The molecule has 0 unspecified atom stereocenters. The number of carbonyl (C=O) groups is 2. The van der Waals surface area contributed by atoms with Crippen molar-refractivity contribution in [3.63, 3.8) is 0 Å². The fourth-order valence-corrected chi connectivity index (χ4v) is 3.08. The third-order valence-electron chi connectivity index (χ3n) is 5.01. The summed E-state index contributed by atoms with van der Waals surface area (Å²) in [7, 11) is 0. The molecular formula is C24H24O11. The molecule has 2 aromatic carbocycles. The Balaban J connectivity index is 1.56. The van der Waals surface area contributed by atoms with Crippen LogP contribution in [0.4, 0.5) is 0 Å². The molecule has 5 atom stereocenters. The second-order valence-electron chi connectivity index (χ2n) is 7.59. The summed E-state index contributed by atoms with van der Waals surface area (Å²) < 4.78 is 15.3. The highest BCUT2D eigenvalue weighted by Gasteiger charge is 2.45. The third-order valence-corrected chi connectivity index (χ3v) is 5.01. The summed E-state index contributed by atoms with van der Waals surface area (Å²) in [6.07, 6.45) is -3.38. The molecule has 35 heavy (non-hydrogen) atoms. The number of phenols is 3. The molecule has 0 aromatic heterocycles. The molecule has 0 aliphatic carbocycles. The first-order valence-electron chi connectivity index (χ1n) is 10.4. The van der Waals surface area contributed by atoms with E-state index in [1.807, 2.05) is 0 Å². The Bertz CT molecular complexity index is 1090. The molecular weight excluding hydrogens is 464 g/mol. The van der Waals surface area contributed by atoms with Gasteiger partial charge in [0.25, 0.3) is 0 Å². The number of benzene rings is 2. The fraction of sp³-hybridized carbons (Fsp3) is 0.250. The summed E-state index contributed by atoms with van der Waals surface area (Å²) in [5.41, 5.74) is 0.984. The predicted molar refractivity (Wildman–Crippen MR) is 120 cm³/mol. The Morgan fingerprint density at radius 3 is 2.11 bits per heavy atom. The fourth-order valence-electron chi connectivity index (χ4n) is 3.08. The van der Waals surface area contributed by atoms with Gasteiger partial charge in [0, 0.05) is 12.2 Å². The van der Waals surface area contributed by atoms with E-state index in [0.29, 0.717) is 11.1 Å². The quantitative estimate of drug-likeness (QED) is 0.180. The number of esters is 2. The second kappa shape index (κ2) is 11.5. The van der Waals surface area contributed by atoms with Gasteiger partial charge in [0.05, 0.1) is 0 Å². The average Bonchev–Trinajstić information content (AvgIpc) is 2.84. The predicted octanol–water partition coefficient (Wildman–Crippen LogP) is 0.424. The molecule has 1 heterocycles. The van der Waals surface area contributed by atoms with Crippen molar-refractivity contribution in [1.29, 1.82) is 0 Å². The lowest BCUT2D eigenvalue weighted by molar-refractivity contribution is -0.291. The van der Waals surface area contributed by atoms with Gasteiger partial charge in [-0.2, -0.15) is 0 Å². The molecule has 1 saturated heterocycles. The number of carbonyl (C=O) groups excluding carboxylic acids is 2. The van der Waals surface area contributed by atoms with Gasteiger partial charge in [0.15, 0.2) is 11.5 Å². The van der Waals surface area contributed by atoms with Gasteiger partial charge in [0.1, 0.15) is 36.8 Å². The van der Waals surface area contributed by atoms with Gasteiger partial charge < -0.3 is 44.8 Å². The lowest BCUT2D eigenvalue weighted by Crippen LogP contribution is -2.59. The molecule has 6 N–H and O–H groups in total. The van der Waals surface area contributed by atoms with Crippen LogP contribution < -0.4 is 0 Å². The van der Waals surface area contributed by atoms with Crippen LogP contribution >= 0.6 is 0 Å². The molecule has 1 aliphatic rings. The maximum absolute atomic E-state index is 12.1. The van der Waals surface area contributed by atoms with Gasteiger partial charge in [-0.05, 0) is 47.5 Å². The van der Waals surface area contributed by atoms with Gasteiger partial charge in [-0.1, -0.05) is 18.2 Å². The zero-order valence-electron chi connectivity index (χ0n) is 18.2. The number of aliphatic hydroxyl groups excluding tert-OH is 3. The standard InChI is InChI=1S/C24H24O11/c25-15-6-1-13(2-7-15)4-9-19(28)33-12-18-21(30)22(31)23(32)24(34-18)35-20(29)10-5-14-3-8-16(26)17(27)11-14/h1-11,18,21-27,30-32H,12H2/t18-,21-,22+,23+,24+/m1/s1. The number of hydrogen-bond donors (Lipinski definition) is 6. The maximum atomic E-state index is 12.1. The third kappa shape index (κ3) is 7.04. The van der Waals surface area contributed by atoms with Crippen LogP contribution in [0.3, 0.4) is 0 Å². The summed E-state index contributed by atoms with van der Waals surface area (Å²) in [6.45, 7) is -0.514. The van der Waals surface area contributed by atoms with E-state index in [9.17, 15) is 40.2 Å². The molecule has 11 heteroatoms. The molecule has 1 fully saturated rings. The number of aliphatic hydroxyl groups is 3. The Morgan fingerprint density at radius 2 is 1.43 bits per heavy atom. The van der Waals surface area contributed by atoms with Crippen LogP contribution in [-0.2, 0) is 23.8 Å². The molecule has 0 spiro atoms. The minimum Gasteiger partial charge on any atom is -0.508 e.